The van der Waals surface area contributed by atoms with Crippen LogP contribution in [0.2, 0.25) is 0 Å². The van der Waals surface area contributed by atoms with E-state index >= 15 is 0 Å². The largest absolute Gasteiger partial charge is 0.416 e. The van der Waals surface area contributed by atoms with Crippen molar-refractivity contribution < 1.29 is 27.2 Å². The molecule has 0 unspecified atom stereocenters. The first-order chi connectivity index (χ1) is 18.2. The fourth-order valence-electron chi connectivity index (χ4n) is 4.58. The molecule has 1 aliphatic rings. The molecular weight excluding hydrogens is 518 g/mol. The summed E-state index contributed by atoms with van der Waals surface area (Å²) in [5, 5.41) is 4.59. The molecule has 1 aliphatic carbocycles. The molecule has 3 aromatic rings. The van der Waals surface area contributed by atoms with E-state index < -0.39 is 17.8 Å². The maximum Gasteiger partial charge on any atom is 0.416 e. The summed E-state index contributed by atoms with van der Waals surface area (Å²) in [6.07, 6.45) is -0.0739. The van der Waals surface area contributed by atoms with Gasteiger partial charge in [0.15, 0.2) is 0 Å². The van der Waals surface area contributed by atoms with Crippen LogP contribution in [0, 0.1) is 5.82 Å². The van der Waals surface area contributed by atoms with Gasteiger partial charge in [0, 0.05) is 23.2 Å². The second-order valence-corrected chi connectivity index (χ2v) is 10.4. The van der Waals surface area contributed by atoms with E-state index in [1.54, 1.807) is 17.0 Å². The van der Waals surface area contributed by atoms with Gasteiger partial charge in [0.1, 0.15) is 12.4 Å². The number of carbonyl (C=O) groups excluding carboxylic acids is 2. The van der Waals surface area contributed by atoms with Gasteiger partial charge in [0.2, 0.25) is 5.91 Å². The Labute approximate surface area is 223 Å². The highest BCUT2D eigenvalue weighted by Crippen LogP contribution is 2.30. The molecule has 1 aromatic heterocycles. The molecule has 1 fully saturated rings. The highest BCUT2D eigenvalue weighted by atomic mass is 32.1. The molecule has 1 heterocycles. The minimum Gasteiger partial charge on any atom is -0.332 e. The number of thiophene rings is 1. The number of carbonyl (C=O) groups is 2. The monoisotopic (exact) mass is 547 g/mol. The number of urea groups is 1. The number of halogens is 4. The van der Waals surface area contributed by atoms with Crippen LogP contribution >= 0.6 is 11.3 Å². The Hall–Kier alpha value is -3.40. The Morgan fingerprint density at radius 1 is 0.921 bits per heavy atom. The van der Waals surface area contributed by atoms with Gasteiger partial charge in [-0.25, -0.2) is 9.18 Å². The lowest BCUT2D eigenvalue weighted by Crippen LogP contribution is -2.49. The van der Waals surface area contributed by atoms with Crippen LogP contribution in [-0.4, -0.2) is 34.3 Å². The van der Waals surface area contributed by atoms with Gasteiger partial charge in [0.25, 0.3) is 0 Å². The molecule has 1 N–H and O–H groups in total. The number of anilines is 1. The molecule has 38 heavy (non-hydrogen) atoms. The van der Waals surface area contributed by atoms with E-state index in [9.17, 15) is 27.2 Å². The summed E-state index contributed by atoms with van der Waals surface area (Å²) in [5.74, 6) is -0.635. The number of benzene rings is 2. The molecule has 3 amide bonds. The van der Waals surface area contributed by atoms with Crippen LogP contribution in [0.1, 0.15) is 48.1 Å². The lowest BCUT2D eigenvalue weighted by atomic mass is 9.94. The average Bonchev–Trinajstić information content (AvgIpc) is 3.41. The lowest BCUT2D eigenvalue weighted by Gasteiger charge is -2.35. The fourth-order valence-corrected chi connectivity index (χ4v) is 5.30. The molecule has 0 saturated heterocycles. The van der Waals surface area contributed by atoms with Crippen molar-refractivity contribution in [2.45, 2.75) is 57.4 Å². The minimum absolute atomic E-state index is 0.156. The molecule has 5 nitrogen and oxygen atoms in total. The molecule has 4 rings (SSSR count). The molecule has 0 spiro atoms. The summed E-state index contributed by atoms with van der Waals surface area (Å²) in [5.41, 5.74) is 0.174. The normalized spacial score (nSPS) is 14.2. The zero-order valence-corrected chi connectivity index (χ0v) is 21.5. The van der Waals surface area contributed by atoms with Crippen LogP contribution in [0.5, 0.6) is 0 Å². The van der Waals surface area contributed by atoms with E-state index in [-0.39, 0.29) is 36.5 Å². The summed E-state index contributed by atoms with van der Waals surface area (Å²) in [6.45, 7) is 0.409. The molecule has 10 heteroatoms. The summed E-state index contributed by atoms with van der Waals surface area (Å²) in [4.78, 5) is 31.1. The summed E-state index contributed by atoms with van der Waals surface area (Å²) >= 11 is 1.51. The summed E-state index contributed by atoms with van der Waals surface area (Å²) in [7, 11) is 0. The van der Waals surface area contributed by atoms with Crippen molar-refractivity contribution in [1.82, 2.24) is 9.80 Å². The van der Waals surface area contributed by atoms with Gasteiger partial charge in [0.05, 0.1) is 12.1 Å². The average molecular weight is 548 g/mol. The maximum absolute atomic E-state index is 13.6. The third-order valence-corrected chi connectivity index (χ3v) is 7.47. The van der Waals surface area contributed by atoms with E-state index in [2.05, 4.69) is 5.32 Å². The van der Waals surface area contributed by atoms with Crippen molar-refractivity contribution in [2.75, 3.05) is 11.9 Å². The van der Waals surface area contributed by atoms with Gasteiger partial charge in [-0.15, -0.1) is 11.3 Å². The van der Waals surface area contributed by atoms with Crippen LogP contribution < -0.4 is 5.32 Å². The second kappa shape index (κ2) is 12.4. The molecule has 202 valence electrons. The van der Waals surface area contributed by atoms with Crippen LogP contribution in [-0.2, 0) is 24.1 Å². The molecule has 2 aromatic carbocycles. The molecule has 1 saturated carbocycles. The Bertz CT molecular complexity index is 1190. The Balaban J connectivity index is 1.52. The van der Waals surface area contributed by atoms with Gasteiger partial charge in [-0.3, -0.25) is 4.79 Å². The van der Waals surface area contributed by atoms with Crippen molar-refractivity contribution in [3.8, 4) is 0 Å². The number of alkyl halides is 3. The third-order valence-electron chi connectivity index (χ3n) is 6.61. The summed E-state index contributed by atoms with van der Waals surface area (Å²) < 4.78 is 52.2. The molecule has 0 bridgehead atoms. The Kier molecular flexibility index (Phi) is 9.04. The lowest BCUT2D eigenvalue weighted by molar-refractivity contribution is -0.137. The van der Waals surface area contributed by atoms with Gasteiger partial charge in [-0.05, 0) is 66.2 Å². The van der Waals surface area contributed by atoms with E-state index in [0.717, 1.165) is 54.7 Å². The van der Waals surface area contributed by atoms with Crippen molar-refractivity contribution in [3.05, 3.63) is 87.9 Å². The number of amides is 3. The minimum atomic E-state index is -4.47. The number of rotatable bonds is 8. The van der Waals surface area contributed by atoms with Gasteiger partial charge in [-0.2, -0.15) is 13.2 Å². The standard InChI is InChI=1S/C28H29F4N3O2S/c29-22-12-8-20(9-13-22)17-34(18-25-7-4-16-38-25)26(36)19-35(24-5-2-1-3-6-24)27(37)33-23-14-10-21(11-15-23)28(30,31)32/h4,7-16,24H,1-3,5-6,17-19H2,(H,33,37). The SMILES string of the molecule is O=C(CN(C(=O)Nc1ccc(C(F)(F)F)cc1)C1CCCCC1)N(Cc1ccc(F)cc1)Cc1cccs1. The molecular formula is C28H29F4N3O2S. The van der Waals surface area contributed by atoms with Crippen LogP contribution in [0.15, 0.2) is 66.0 Å². The number of hydrogen-bond donors (Lipinski definition) is 1. The highest BCUT2D eigenvalue weighted by molar-refractivity contribution is 7.09. The molecule has 0 aliphatic heterocycles. The van der Waals surface area contributed by atoms with E-state index in [1.807, 2.05) is 17.5 Å². The van der Waals surface area contributed by atoms with Gasteiger partial charge < -0.3 is 15.1 Å². The van der Waals surface area contributed by atoms with Crippen molar-refractivity contribution in [3.63, 3.8) is 0 Å². The molecule has 0 radical (unpaired) electrons. The first-order valence-corrected chi connectivity index (χ1v) is 13.4. The first-order valence-electron chi connectivity index (χ1n) is 12.5. The highest BCUT2D eigenvalue weighted by Gasteiger charge is 2.31. The predicted molar refractivity (Wildman–Crippen MR) is 139 cm³/mol. The zero-order chi connectivity index (χ0) is 27.1. The second-order valence-electron chi connectivity index (χ2n) is 9.38. The number of nitrogens with zero attached hydrogens (tertiary/aromatic N) is 2. The number of hydrogen-bond acceptors (Lipinski definition) is 3. The van der Waals surface area contributed by atoms with E-state index in [0.29, 0.717) is 6.54 Å². The van der Waals surface area contributed by atoms with Gasteiger partial charge >= 0.3 is 12.2 Å². The van der Waals surface area contributed by atoms with Crippen molar-refractivity contribution >= 4 is 29.0 Å². The Morgan fingerprint density at radius 3 is 2.21 bits per heavy atom. The smallest absolute Gasteiger partial charge is 0.332 e. The van der Waals surface area contributed by atoms with Gasteiger partial charge in [-0.1, -0.05) is 37.5 Å². The van der Waals surface area contributed by atoms with Crippen molar-refractivity contribution in [2.24, 2.45) is 0 Å². The molecule has 0 atom stereocenters. The first kappa shape index (κ1) is 27.6. The van der Waals surface area contributed by atoms with Crippen LogP contribution in [0.3, 0.4) is 0 Å². The van der Waals surface area contributed by atoms with Crippen LogP contribution in [0.4, 0.5) is 28.0 Å². The maximum atomic E-state index is 13.6. The van der Waals surface area contributed by atoms with Crippen molar-refractivity contribution in [1.29, 1.82) is 0 Å². The van der Waals surface area contributed by atoms with E-state index in [4.69, 9.17) is 0 Å². The summed E-state index contributed by atoms with van der Waals surface area (Å²) in [6, 6.07) is 13.3. The predicted octanol–water partition coefficient (Wildman–Crippen LogP) is 7.30. The third kappa shape index (κ3) is 7.56. The quantitative estimate of drug-likeness (QED) is 0.301. The fraction of sp³-hybridized carbons (Fsp3) is 0.357. The topological polar surface area (TPSA) is 52.7 Å². The Morgan fingerprint density at radius 2 is 1.61 bits per heavy atom. The van der Waals surface area contributed by atoms with E-state index in [1.165, 1.54) is 40.5 Å². The number of nitrogens with one attached hydrogen (secondary N) is 1. The zero-order valence-electron chi connectivity index (χ0n) is 20.7. The van der Waals surface area contributed by atoms with Crippen LogP contribution in [0.25, 0.3) is 0 Å².